The first kappa shape index (κ1) is 16.6. The molecule has 4 nitrogen and oxygen atoms in total. The van der Waals surface area contributed by atoms with Gasteiger partial charge in [0, 0.05) is 35.3 Å². The van der Waals surface area contributed by atoms with Gasteiger partial charge in [0.15, 0.2) is 0 Å². The molecular weight excluding hydrogens is 236 g/mol. The Morgan fingerprint density at radius 1 is 1.41 bits per heavy atom. The van der Waals surface area contributed by atoms with E-state index in [1.807, 2.05) is 6.92 Å². The predicted octanol–water partition coefficient (Wildman–Crippen LogP) is 1.02. The number of hydrogen-bond acceptors (Lipinski definition) is 3. The zero-order valence-electron chi connectivity index (χ0n) is 11.4. The van der Waals surface area contributed by atoms with Crippen molar-refractivity contribution < 1.29 is 9.00 Å². The lowest BCUT2D eigenvalue weighted by molar-refractivity contribution is -0.122. The van der Waals surface area contributed by atoms with Gasteiger partial charge >= 0.3 is 0 Å². The predicted molar refractivity (Wildman–Crippen MR) is 73.2 cm³/mol. The van der Waals surface area contributed by atoms with Gasteiger partial charge in [0.2, 0.25) is 5.91 Å². The van der Waals surface area contributed by atoms with Crippen LogP contribution in [0, 0.1) is 5.41 Å². The summed E-state index contributed by atoms with van der Waals surface area (Å²) in [5, 5.41) is 2.86. The number of amides is 1. The van der Waals surface area contributed by atoms with Gasteiger partial charge in [0.05, 0.1) is 0 Å². The Morgan fingerprint density at radius 3 is 2.47 bits per heavy atom. The SMILES string of the molecule is CC(CS(C)=O)NC(=O)CCC(C)(C)CCN. The van der Waals surface area contributed by atoms with E-state index in [2.05, 4.69) is 19.2 Å². The molecule has 0 rings (SSSR count). The van der Waals surface area contributed by atoms with E-state index in [1.165, 1.54) is 0 Å². The Bertz CT molecular complexity index is 267. The van der Waals surface area contributed by atoms with Crippen LogP contribution >= 0.6 is 0 Å². The van der Waals surface area contributed by atoms with E-state index in [-0.39, 0.29) is 17.4 Å². The Hall–Kier alpha value is -0.420. The molecule has 0 bridgehead atoms. The third-order valence-corrected chi connectivity index (χ3v) is 3.71. The molecule has 3 N–H and O–H groups in total. The van der Waals surface area contributed by atoms with Gasteiger partial charge < -0.3 is 11.1 Å². The third-order valence-electron chi connectivity index (χ3n) is 2.74. The molecule has 0 aliphatic rings. The fraction of sp³-hybridized carbons (Fsp3) is 0.917. The number of hydrogen-bond donors (Lipinski definition) is 2. The number of nitrogens with one attached hydrogen (secondary N) is 1. The topological polar surface area (TPSA) is 72.2 Å². The average molecular weight is 262 g/mol. The highest BCUT2D eigenvalue weighted by Crippen LogP contribution is 2.25. The first-order valence-electron chi connectivity index (χ1n) is 6.06. The van der Waals surface area contributed by atoms with Crippen molar-refractivity contribution in [2.45, 2.75) is 46.1 Å². The van der Waals surface area contributed by atoms with Crippen LogP contribution in [0.2, 0.25) is 0 Å². The van der Waals surface area contributed by atoms with E-state index in [0.29, 0.717) is 18.7 Å². The normalized spacial score (nSPS) is 15.4. The summed E-state index contributed by atoms with van der Waals surface area (Å²) >= 11 is 0. The van der Waals surface area contributed by atoms with Crippen LogP contribution in [0.1, 0.15) is 40.0 Å². The zero-order valence-corrected chi connectivity index (χ0v) is 12.2. The smallest absolute Gasteiger partial charge is 0.220 e. The van der Waals surface area contributed by atoms with Crippen molar-refractivity contribution >= 4 is 16.7 Å². The maximum absolute atomic E-state index is 11.6. The molecule has 0 aliphatic heterocycles. The number of carbonyl (C=O) groups is 1. The summed E-state index contributed by atoms with van der Waals surface area (Å²) in [6.45, 7) is 6.78. The lowest BCUT2D eigenvalue weighted by atomic mass is 9.84. The molecule has 0 aliphatic carbocycles. The van der Waals surface area contributed by atoms with Gasteiger partial charge in [-0.15, -0.1) is 0 Å². The molecule has 0 saturated carbocycles. The van der Waals surface area contributed by atoms with Gasteiger partial charge in [0.1, 0.15) is 0 Å². The quantitative estimate of drug-likeness (QED) is 0.686. The van der Waals surface area contributed by atoms with Crippen LogP contribution in [-0.2, 0) is 15.6 Å². The highest BCUT2D eigenvalue weighted by molar-refractivity contribution is 7.84. The molecule has 0 saturated heterocycles. The van der Waals surface area contributed by atoms with E-state index >= 15 is 0 Å². The van der Waals surface area contributed by atoms with Crippen molar-refractivity contribution in [2.75, 3.05) is 18.6 Å². The molecule has 17 heavy (non-hydrogen) atoms. The monoisotopic (exact) mass is 262 g/mol. The molecule has 0 aromatic heterocycles. The van der Waals surface area contributed by atoms with Crippen LogP contribution in [0.25, 0.3) is 0 Å². The summed E-state index contributed by atoms with van der Waals surface area (Å²) in [7, 11) is -0.867. The van der Waals surface area contributed by atoms with Crippen LogP contribution in [0.3, 0.4) is 0 Å². The Labute approximate surface area is 107 Å². The van der Waals surface area contributed by atoms with Crippen LogP contribution in [0.5, 0.6) is 0 Å². The van der Waals surface area contributed by atoms with Crippen molar-refractivity contribution in [3.05, 3.63) is 0 Å². The van der Waals surface area contributed by atoms with Gasteiger partial charge in [-0.2, -0.15) is 0 Å². The summed E-state index contributed by atoms with van der Waals surface area (Å²) in [6, 6.07) is -0.0223. The fourth-order valence-corrected chi connectivity index (χ4v) is 2.50. The van der Waals surface area contributed by atoms with Crippen LogP contribution in [-0.4, -0.2) is 34.7 Å². The summed E-state index contributed by atoms with van der Waals surface area (Å²) in [5.74, 6) is 0.547. The van der Waals surface area contributed by atoms with Crippen molar-refractivity contribution in [3.8, 4) is 0 Å². The van der Waals surface area contributed by atoms with Gasteiger partial charge in [-0.25, -0.2) is 0 Å². The van der Waals surface area contributed by atoms with Crippen molar-refractivity contribution in [1.82, 2.24) is 5.32 Å². The van der Waals surface area contributed by atoms with E-state index in [0.717, 1.165) is 12.8 Å². The summed E-state index contributed by atoms with van der Waals surface area (Å²) in [6.07, 6.45) is 3.91. The molecule has 5 heteroatoms. The minimum Gasteiger partial charge on any atom is -0.353 e. The molecule has 2 atom stereocenters. The van der Waals surface area contributed by atoms with Gasteiger partial charge in [-0.3, -0.25) is 9.00 Å². The van der Waals surface area contributed by atoms with Crippen molar-refractivity contribution in [2.24, 2.45) is 11.1 Å². The zero-order chi connectivity index (χ0) is 13.5. The first-order valence-corrected chi connectivity index (χ1v) is 7.79. The van der Waals surface area contributed by atoms with Crippen LogP contribution in [0.4, 0.5) is 0 Å². The summed E-state index contributed by atoms with van der Waals surface area (Å²) < 4.78 is 11.0. The Kier molecular flexibility index (Phi) is 7.63. The van der Waals surface area contributed by atoms with E-state index in [9.17, 15) is 9.00 Å². The summed E-state index contributed by atoms with van der Waals surface area (Å²) in [5.41, 5.74) is 5.64. The van der Waals surface area contributed by atoms with Gasteiger partial charge in [-0.1, -0.05) is 13.8 Å². The fourth-order valence-electron chi connectivity index (χ4n) is 1.71. The molecule has 2 unspecified atom stereocenters. The molecular formula is C12H26N2O2S. The number of rotatable bonds is 8. The maximum Gasteiger partial charge on any atom is 0.220 e. The minimum absolute atomic E-state index is 0.0223. The second kappa shape index (κ2) is 7.82. The van der Waals surface area contributed by atoms with E-state index in [1.54, 1.807) is 6.26 Å². The lowest BCUT2D eigenvalue weighted by Crippen LogP contribution is -2.36. The second-order valence-electron chi connectivity index (χ2n) is 5.41. The molecule has 0 aromatic rings. The second-order valence-corrected chi connectivity index (χ2v) is 6.89. The highest BCUT2D eigenvalue weighted by atomic mass is 32.2. The molecule has 0 fully saturated rings. The van der Waals surface area contributed by atoms with Gasteiger partial charge in [-0.05, 0) is 31.7 Å². The van der Waals surface area contributed by atoms with Crippen molar-refractivity contribution in [1.29, 1.82) is 0 Å². The van der Waals surface area contributed by atoms with Crippen LogP contribution < -0.4 is 11.1 Å². The van der Waals surface area contributed by atoms with Crippen molar-refractivity contribution in [3.63, 3.8) is 0 Å². The molecule has 1 amide bonds. The Morgan fingerprint density at radius 2 is 2.00 bits per heavy atom. The number of nitrogens with two attached hydrogens (primary N) is 1. The van der Waals surface area contributed by atoms with Gasteiger partial charge in [0.25, 0.3) is 0 Å². The minimum atomic E-state index is -0.867. The molecule has 0 aromatic carbocycles. The number of carbonyl (C=O) groups excluding carboxylic acids is 1. The van der Waals surface area contributed by atoms with E-state index < -0.39 is 10.8 Å². The lowest BCUT2D eigenvalue weighted by Gasteiger charge is -2.23. The van der Waals surface area contributed by atoms with E-state index in [4.69, 9.17) is 5.73 Å². The third kappa shape index (κ3) is 9.30. The molecule has 102 valence electrons. The van der Waals surface area contributed by atoms with Crippen LogP contribution in [0.15, 0.2) is 0 Å². The standard InChI is InChI=1S/C12H26N2O2S/c1-10(9-17(4)16)14-11(15)5-6-12(2,3)7-8-13/h10H,5-9,13H2,1-4H3,(H,14,15). The Balaban J connectivity index is 3.90. The first-order chi connectivity index (χ1) is 7.76. The molecule has 0 spiro atoms. The molecule has 0 heterocycles. The maximum atomic E-state index is 11.6. The summed E-state index contributed by atoms with van der Waals surface area (Å²) in [4.78, 5) is 11.6. The highest BCUT2D eigenvalue weighted by Gasteiger charge is 2.18. The molecule has 0 radical (unpaired) electrons. The largest absolute Gasteiger partial charge is 0.353 e. The average Bonchev–Trinajstić information content (AvgIpc) is 2.13.